The molecule has 0 radical (unpaired) electrons. The molecular weight excluding hydrogens is 268 g/mol. The van der Waals surface area contributed by atoms with Gasteiger partial charge in [0.25, 0.3) is 0 Å². The number of hydrogen-bond acceptors (Lipinski definition) is 7. The molecule has 7 nitrogen and oxygen atoms in total. The smallest absolute Gasteiger partial charge is 0.228 e. The molecule has 1 saturated heterocycles. The van der Waals surface area contributed by atoms with Gasteiger partial charge in [-0.1, -0.05) is 0 Å². The summed E-state index contributed by atoms with van der Waals surface area (Å²) in [6, 6.07) is 4.06. The van der Waals surface area contributed by atoms with Crippen molar-refractivity contribution in [1.82, 2.24) is 19.9 Å². The summed E-state index contributed by atoms with van der Waals surface area (Å²) in [6.45, 7) is 1.83. The van der Waals surface area contributed by atoms with Crippen molar-refractivity contribution < 1.29 is 4.74 Å². The largest absolute Gasteiger partial charge is 0.481 e. The van der Waals surface area contributed by atoms with Crippen molar-refractivity contribution in [3.05, 3.63) is 30.9 Å². The van der Waals surface area contributed by atoms with Crippen LogP contribution in [0.4, 0.5) is 11.8 Å². The monoisotopic (exact) mass is 286 g/mol. The van der Waals surface area contributed by atoms with Crippen LogP contribution in [0, 0.1) is 0 Å². The van der Waals surface area contributed by atoms with Crippen LogP contribution in [0.15, 0.2) is 30.9 Å². The first-order valence-corrected chi connectivity index (χ1v) is 6.99. The van der Waals surface area contributed by atoms with Gasteiger partial charge in [-0.25, -0.2) is 15.0 Å². The lowest BCUT2D eigenvalue weighted by molar-refractivity contribution is 0.395. The van der Waals surface area contributed by atoms with Gasteiger partial charge in [0, 0.05) is 37.6 Å². The van der Waals surface area contributed by atoms with Gasteiger partial charge in [-0.05, 0) is 18.9 Å². The molecule has 1 aliphatic heterocycles. The number of piperidine rings is 1. The number of rotatable bonds is 4. The van der Waals surface area contributed by atoms with Crippen molar-refractivity contribution in [3.63, 3.8) is 0 Å². The van der Waals surface area contributed by atoms with Crippen LogP contribution in [-0.2, 0) is 0 Å². The summed E-state index contributed by atoms with van der Waals surface area (Å²) in [4.78, 5) is 19.0. The minimum Gasteiger partial charge on any atom is -0.481 e. The Morgan fingerprint density at radius 2 is 2.05 bits per heavy atom. The van der Waals surface area contributed by atoms with E-state index in [9.17, 15) is 0 Å². The number of methoxy groups -OCH3 is 1. The van der Waals surface area contributed by atoms with Crippen LogP contribution in [0.5, 0.6) is 5.88 Å². The molecule has 1 N–H and O–H groups in total. The molecule has 0 bridgehead atoms. The third kappa shape index (κ3) is 3.36. The second-order valence-electron chi connectivity index (χ2n) is 4.90. The highest BCUT2D eigenvalue weighted by Gasteiger charge is 2.21. The molecule has 1 fully saturated rings. The molecule has 2 aromatic heterocycles. The summed E-state index contributed by atoms with van der Waals surface area (Å²) in [6.07, 6.45) is 7.07. The first-order chi connectivity index (χ1) is 10.3. The maximum atomic E-state index is 5.14. The topological polar surface area (TPSA) is 76.1 Å². The van der Waals surface area contributed by atoms with E-state index < -0.39 is 0 Å². The van der Waals surface area contributed by atoms with Gasteiger partial charge in [0.1, 0.15) is 12.1 Å². The quantitative estimate of drug-likeness (QED) is 0.909. The number of nitrogens with zero attached hydrogens (tertiary/aromatic N) is 5. The van der Waals surface area contributed by atoms with E-state index in [1.54, 1.807) is 31.9 Å². The molecule has 0 spiro atoms. The van der Waals surface area contributed by atoms with Crippen LogP contribution in [0.1, 0.15) is 12.8 Å². The van der Waals surface area contributed by atoms with Gasteiger partial charge in [0.05, 0.1) is 7.11 Å². The summed E-state index contributed by atoms with van der Waals surface area (Å²) in [7, 11) is 1.62. The van der Waals surface area contributed by atoms with Gasteiger partial charge >= 0.3 is 0 Å². The molecule has 0 aliphatic carbocycles. The van der Waals surface area contributed by atoms with Crippen molar-refractivity contribution in [2.45, 2.75) is 18.9 Å². The minimum atomic E-state index is 0.418. The average Bonchev–Trinajstić information content (AvgIpc) is 2.56. The first kappa shape index (κ1) is 13.5. The fourth-order valence-corrected chi connectivity index (χ4v) is 2.41. The highest BCUT2D eigenvalue weighted by Crippen LogP contribution is 2.19. The molecule has 0 atom stereocenters. The van der Waals surface area contributed by atoms with Crippen molar-refractivity contribution in [2.24, 2.45) is 0 Å². The molecule has 0 amide bonds. The van der Waals surface area contributed by atoms with Gasteiger partial charge in [-0.3, -0.25) is 0 Å². The lowest BCUT2D eigenvalue weighted by Crippen LogP contribution is -2.40. The van der Waals surface area contributed by atoms with E-state index in [1.807, 2.05) is 6.07 Å². The van der Waals surface area contributed by atoms with Crippen LogP contribution >= 0.6 is 0 Å². The highest BCUT2D eigenvalue weighted by atomic mass is 16.5. The maximum Gasteiger partial charge on any atom is 0.228 e. The van der Waals surface area contributed by atoms with Crippen LogP contribution in [0.2, 0.25) is 0 Å². The van der Waals surface area contributed by atoms with Crippen molar-refractivity contribution in [3.8, 4) is 5.88 Å². The zero-order valence-electron chi connectivity index (χ0n) is 11.9. The normalized spacial score (nSPS) is 15.8. The molecule has 1 aliphatic rings. The van der Waals surface area contributed by atoms with E-state index in [-0.39, 0.29) is 0 Å². The van der Waals surface area contributed by atoms with Crippen LogP contribution < -0.4 is 15.0 Å². The van der Waals surface area contributed by atoms with Gasteiger partial charge in [0.15, 0.2) is 0 Å². The number of ether oxygens (including phenoxy) is 1. The summed E-state index contributed by atoms with van der Waals surface area (Å²) in [5, 5.41) is 3.43. The second-order valence-corrected chi connectivity index (χ2v) is 4.90. The Morgan fingerprint density at radius 3 is 2.76 bits per heavy atom. The molecule has 3 heterocycles. The molecule has 3 rings (SSSR count). The Hall–Kier alpha value is -2.44. The lowest BCUT2D eigenvalue weighted by Gasteiger charge is -2.32. The van der Waals surface area contributed by atoms with Gasteiger partial charge in [-0.2, -0.15) is 4.98 Å². The fraction of sp³-hybridized carbons (Fsp3) is 0.429. The highest BCUT2D eigenvalue weighted by molar-refractivity contribution is 5.36. The Labute approximate surface area is 123 Å². The molecule has 21 heavy (non-hydrogen) atoms. The van der Waals surface area contributed by atoms with Crippen molar-refractivity contribution in [1.29, 1.82) is 0 Å². The summed E-state index contributed by atoms with van der Waals surface area (Å²) in [5.41, 5.74) is 0. The Balaban J connectivity index is 1.57. The Kier molecular flexibility index (Phi) is 4.09. The zero-order valence-corrected chi connectivity index (χ0v) is 11.9. The number of anilines is 2. The molecule has 0 unspecified atom stereocenters. The summed E-state index contributed by atoms with van der Waals surface area (Å²) in [5.74, 6) is 2.21. The van der Waals surface area contributed by atoms with E-state index in [4.69, 9.17) is 4.74 Å². The third-order valence-electron chi connectivity index (χ3n) is 3.54. The molecule has 0 saturated carbocycles. The first-order valence-electron chi connectivity index (χ1n) is 6.99. The number of aromatic nitrogens is 4. The third-order valence-corrected chi connectivity index (χ3v) is 3.54. The molecular formula is C14H18N6O. The van der Waals surface area contributed by atoms with Crippen molar-refractivity contribution >= 4 is 11.8 Å². The van der Waals surface area contributed by atoms with Gasteiger partial charge < -0.3 is 15.0 Å². The Morgan fingerprint density at radius 1 is 1.19 bits per heavy atom. The number of hydrogen-bond donors (Lipinski definition) is 1. The molecule has 110 valence electrons. The summed E-state index contributed by atoms with van der Waals surface area (Å²) < 4.78 is 5.14. The van der Waals surface area contributed by atoms with E-state index in [0.717, 1.165) is 37.7 Å². The van der Waals surface area contributed by atoms with Crippen molar-refractivity contribution in [2.75, 3.05) is 30.4 Å². The predicted octanol–water partition coefficient (Wildman–Crippen LogP) is 1.36. The minimum absolute atomic E-state index is 0.418. The molecule has 7 heteroatoms. The van der Waals surface area contributed by atoms with E-state index >= 15 is 0 Å². The van der Waals surface area contributed by atoms with Crippen LogP contribution in [-0.4, -0.2) is 46.2 Å². The van der Waals surface area contributed by atoms with E-state index in [2.05, 4.69) is 30.2 Å². The zero-order chi connectivity index (χ0) is 14.5. The average molecular weight is 286 g/mol. The Bertz CT molecular complexity index is 571. The van der Waals surface area contributed by atoms with E-state index in [0.29, 0.717) is 11.9 Å². The molecule has 0 aromatic carbocycles. The predicted molar refractivity (Wildman–Crippen MR) is 79.5 cm³/mol. The van der Waals surface area contributed by atoms with Crippen LogP contribution in [0.3, 0.4) is 0 Å². The summed E-state index contributed by atoms with van der Waals surface area (Å²) >= 11 is 0. The van der Waals surface area contributed by atoms with E-state index in [1.165, 1.54) is 0 Å². The van der Waals surface area contributed by atoms with Crippen LogP contribution in [0.25, 0.3) is 0 Å². The maximum absolute atomic E-state index is 5.14. The second kappa shape index (κ2) is 6.34. The van der Waals surface area contributed by atoms with Gasteiger partial charge in [-0.15, -0.1) is 0 Å². The SMILES string of the molecule is COc1ccnc(N2CCC(Nc3ccncn3)CC2)n1. The molecule has 2 aromatic rings. The fourth-order valence-electron chi connectivity index (χ4n) is 2.41. The lowest BCUT2D eigenvalue weighted by atomic mass is 10.1. The standard InChI is InChI=1S/C14H18N6O/c1-21-13-3-7-16-14(19-13)20-8-4-11(5-9-20)18-12-2-6-15-10-17-12/h2-3,6-7,10-11H,4-5,8-9H2,1H3,(H,15,17,18). The number of nitrogens with one attached hydrogen (secondary N) is 1. The van der Waals surface area contributed by atoms with Gasteiger partial charge in [0.2, 0.25) is 11.8 Å².